The van der Waals surface area contributed by atoms with E-state index in [-0.39, 0.29) is 5.82 Å². The van der Waals surface area contributed by atoms with Crippen LogP contribution >= 0.6 is 11.8 Å². The standard InChI is InChI=1S/C17H17FN2S/c1-2-19-11-12-7-14(18)10-15(8-12)21-17-9-13-5-3-4-6-16(13)20-17/h3-10,19-20H,2,11H2,1H3. The maximum Gasteiger partial charge on any atom is 0.124 e. The summed E-state index contributed by atoms with van der Waals surface area (Å²) in [5.74, 6) is -0.191. The number of rotatable bonds is 5. The van der Waals surface area contributed by atoms with E-state index in [4.69, 9.17) is 0 Å². The molecule has 0 bridgehead atoms. The van der Waals surface area contributed by atoms with E-state index in [1.165, 1.54) is 5.39 Å². The molecule has 0 aliphatic heterocycles. The quantitative estimate of drug-likeness (QED) is 0.722. The van der Waals surface area contributed by atoms with Gasteiger partial charge in [-0.25, -0.2) is 4.39 Å². The van der Waals surface area contributed by atoms with Crippen LogP contribution in [0.5, 0.6) is 0 Å². The molecular weight excluding hydrogens is 283 g/mol. The van der Waals surface area contributed by atoms with Gasteiger partial charge in [-0.05, 0) is 42.4 Å². The van der Waals surface area contributed by atoms with Gasteiger partial charge in [-0.15, -0.1) is 0 Å². The Labute approximate surface area is 127 Å². The van der Waals surface area contributed by atoms with Crippen LogP contribution in [0.2, 0.25) is 0 Å². The van der Waals surface area contributed by atoms with Crippen LogP contribution in [0.4, 0.5) is 4.39 Å². The molecule has 0 saturated carbocycles. The SMILES string of the molecule is CCNCc1cc(F)cc(Sc2cc3ccccc3[nH]2)c1. The summed E-state index contributed by atoms with van der Waals surface area (Å²) in [7, 11) is 0. The van der Waals surface area contributed by atoms with Crippen molar-refractivity contribution in [3.63, 3.8) is 0 Å². The zero-order valence-corrected chi connectivity index (χ0v) is 12.6. The van der Waals surface area contributed by atoms with Crippen molar-refractivity contribution >= 4 is 22.7 Å². The van der Waals surface area contributed by atoms with Gasteiger partial charge in [-0.1, -0.05) is 36.9 Å². The number of aromatic amines is 1. The van der Waals surface area contributed by atoms with Gasteiger partial charge in [0.1, 0.15) is 5.82 Å². The summed E-state index contributed by atoms with van der Waals surface area (Å²) in [5.41, 5.74) is 2.07. The largest absolute Gasteiger partial charge is 0.349 e. The molecule has 108 valence electrons. The maximum atomic E-state index is 13.7. The highest BCUT2D eigenvalue weighted by atomic mass is 32.2. The predicted octanol–water partition coefficient (Wildman–Crippen LogP) is 4.57. The van der Waals surface area contributed by atoms with Gasteiger partial charge in [0.25, 0.3) is 0 Å². The third-order valence-corrected chi connectivity index (χ3v) is 4.15. The number of hydrogen-bond donors (Lipinski definition) is 2. The number of H-pyrrole nitrogens is 1. The maximum absolute atomic E-state index is 13.7. The summed E-state index contributed by atoms with van der Waals surface area (Å²) in [5, 5.41) is 5.42. The number of benzene rings is 2. The fourth-order valence-corrected chi connectivity index (χ4v) is 3.26. The molecule has 3 rings (SSSR count). The predicted molar refractivity (Wildman–Crippen MR) is 86.2 cm³/mol. The van der Waals surface area contributed by atoms with E-state index in [2.05, 4.69) is 22.4 Å². The van der Waals surface area contributed by atoms with Crippen LogP contribution in [0.3, 0.4) is 0 Å². The second-order valence-electron chi connectivity index (χ2n) is 4.90. The summed E-state index contributed by atoms with van der Waals surface area (Å²) in [6, 6.07) is 15.4. The molecule has 2 N–H and O–H groups in total. The molecule has 4 heteroatoms. The Balaban J connectivity index is 1.84. The van der Waals surface area contributed by atoms with Gasteiger partial charge in [-0.3, -0.25) is 0 Å². The monoisotopic (exact) mass is 300 g/mol. The molecule has 1 heterocycles. The third kappa shape index (κ3) is 3.46. The molecular formula is C17H17FN2S. The van der Waals surface area contributed by atoms with Gasteiger partial charge >= 0.3 is 0 Å². The first-order valence-electron chi connectivity index (χ1n) is 7.00. The summed E-state index contributed by atoms with van der Waals surface area (Å²) in [6.07, 6.45) is 0. The smallest absolute Gasteiger partial charge is 0.124 e. The van der Waals surface area contributed by atoms with Crippen LogP contribution in [-0.2, 0) is 6.54 Å². The Bertz CT molecular complexity index is 718. The van der Waals surface area contributed by atoms with Gasteiger partial charge in [0.15, 0.2) is 0 Å². The van der Waals surface area contributed by atoms with Gasteiger partial charge in [0.05, 0.1) is 5.03 Å². The molecule has 0 unspecified atom stereocenters. The van der Waals surface area contributed by atoms with Crippen molar-refractivity contribution in [3.8, 4) is 0 Å². The van der Waals surface area contributed by atoms with Crippen molar-refractivity contribution in [2.45, 2.75) is 23.4 Å². The Morgan fingerprint density at radius 2 is 2.00 bits per heavy atom. The third-order valence-electron chi connectivity index (χ3n) is 3.24. The van der Waals surface area contributed by atoms with E-state index in [9.17, 15) is 4.39 Å². The van der Waals surface area contributed by atoms with Crippen molar-refractivity contribution in [3.05, 3.63) is 59.9 Å². The van der Waals surface area contributed by atoms with Crippen LogP contribution < -0.4 is 5.32 Å². The average Bonchev–Trinajstić information content (AvgIpc) is 2.86. The highest BCUT2D eigenvalue weighted by molar-refractivity contribution is 7.99. The molecule has 2 aromatic carbocycles. The molecule has 0 radical (unpaired) electrons. The second-order valence-corrected chi connectivity index (χ2v) is 6.01. The van der Waals surface area contributed by atoms with Crippen molar-refractivity contribution in [1.82, 2.24) is 10.3 Å². The van der Waals surface area contributed by atoms with E-state index in [0.29, 0.717) is 6.54 Å². The molecule has 0 atom stereocenters. The van der Waals surface area contributed by atoms with Crippen LogP contribution in [0.15, 0.2) is 58.5 Å². The van der Waals surface area contributed by atoms with Crippen molar-refractivity contribution < 1.29 is 4.39 Å². The summed E-state index contributed by atoms with van der Waals surface area (Å²) in [6.45, 7) is 3.61. The first kappa shape index (κ1) is 14.2. The molecule has 1 aromatic heterocycles. The Kier molecular flexibility index (Phi) is 4.27. The molecule has 0 spiro atoms. The van der Waals surface area contributed by atoms with Gasteiger partial charge in [-0.2, -0.15) is 0 Å². The average molecular weight is 300 g/mol. The highest BCUT2D eigenvalue weighted by Gasteiger charge is 2.05. The van der Waals surface area contributed by atoms with Crippen LogP contribution in [0.1, 0.15) is 12.5 Å². The molecule has 0 fully saturated rings. The number of hydrogen-bond acceptors (Lipinski definition) is 2. The second kappa shape index (κ2) is 6.33. The van der Waals surface area contributed by atoms with Crippen LogP contribution in [-0.4, -0.2) is 11.5 Å². The van der Waals surface area contributed by atoms with Crippen molar-refractivity contribution in [2.75, 3.05) is 6.54 Å². The highest BCUT2D eigenvalue weighted by Crippen LogP contribution is 2.30. The summed E-state index contributed by atoms with van der Waals surface area (Å²) >= 11 is 1.55. The molecule has 2 nitrogen and oxygen atoms in total. The minimum Gasteiger partial charge on any atom is -0.349 e. The van der Waals surface area contributed by atoms with E-state index in [1.54, 1.807) is 23.9 Å². The van der Waals surface area contributed by atoms with Gasteiger partial charge in [0, 0.05) is 22.3 Å². The first-order valence-corrected chi connectivity index (χ1v) is 7.82. The number of fused-ring (bicyclic) bond motifs is 1. The molecule has 0 saturated heterocycles. The molecule has 3 aromatic rings. The molecule has 0 aliphatic carbocycles. The lowest BCUT2D eigenvalue weighted by molar-refractivity contribution is 0.617. The lowest BCUT2D eigenvalue weighted by atomic mass is 10.2. The van der Waals surface area contributed by atoms with Crippen LogP contribution in [0.25, 0.3) is 10.9 Å². The minimum atomic E-state index is -0.191. The zero-order chi connectivity index (χ0) is 14.7. The first-order chi connectivity index (χ1) is 10.2. The van der Waals surface area contributed by atoms with Crippen molar-refractivity contribution in [1.29, 1.82) is 0 Å². The summed E-state index contributed by atoms with van der Waals surface area (Å²) < 4.78 is 13.7. The minimum absolute atomic E-state index is 0.191. The van der Waals surface area contributed by atoms with Gasteiger partial charge in [0.2, 0.25) is 0 Å². The van der Waals surface area contributed by atoms with Crippen molar-refractivity contribution in [2.24, 2.45) is 0 Å². The Morgan fingerprint density at radius 1 is 1.14 bits per heavy atom. The Hall–Kier alpha value is -1.78. The number of nitrogens with one attached hydrogen (secondary N) is 2. The van der Waals surface area contributed by atoms with Gasteiger partial charge < -0.3 is 10.3 Å². The number of para-hydroxylation sites is 1. The lowest BCUT2D eigenvalue weighted by Crippen LogP contribution is -2.11. The fourth-order valence-electron chi connectivity index (χ4n) is 2.28. The summed E-state index contributed by atoms with van der Waals surface area (Å²) in [4.78, 5) is 4.26. The van der Waals surface area contributed by atoms with E-state index >= 15 is 0 Å². The number of aromatic nitrogens is 1. The molecule has 21 heavy (non-hydrogen) atoms. The Morgan fingerprint density at radius 3 is 2.81 bits per heavy atom. The topological polar surface area (TPSA) is 27.8 Å². The zero-order valence-electron chi connectivity index (χ0n) is 11.8. The molecule has 0 aliphatic rings. The van der Waals surface area contributed by atoms with Crippen LogP contribution in [0, 0.1) is 5.82 Å². The van der Waals surface area contributed by atoms with E-state index < -0.39 is 0 Å². The normalized spacial score (nSPS) is 11.1. The van der Waals surface area contributed by atoms with E-state index in [1.807, 2.05) is 31.2 Å². The molecule has 0 amide bonds. The number of halogens is 1. The fraction of sp³-hybridized carbons (Fsp3) is 0.176. The van der Waals surface area contributed by atoms with E-state index in [0.717, 1.165) is 27.5 Å². The lowest BCUT2D eigenvalue weighted by Gasteiger charge is -2.06.